The quantitative estimate of drug-likeness (QED) is 0.494. The van der Waals surface area contributed by atoms with Crippen LogP contribution in [0.2, 0.25) is 0 Å². The summed E-state index contributed by atoms with van der Waals surface area (Å²) in [5, 5.41) is 22.1. The lowest BCUT2D eigenvalue weighted by Gasteiger charge is -2.05. The largest absolute Gasteiger partial charge is 0.312 e. The molecule has 146 valence electrons. The average molecular weight is 383 g/mol. The summed E-state index contributed by atoms with van der Waals surface area (Å²) in [6, 6.07) is 7.98. The molecule has 0 aliphatic heterocycles. The van der Waals surface area contributed by atoms with Gasteiger partial charge >= 0.3 is 5.69 Å². The van der Waals surface area contributed by atoms with Gasteiger partial charge in [-0.25, -0.2) is 9.67 Å². The maximum atomic E-state index is 12.2. The summed E-state index contributed by atoms with van der Waals surface area (Å²) in [5.74, 6) is -0.0678. The van der Waals surface area contributed by atoms with Crippen molar-refractivity contribution in [3.63, 3.8) is 0 Å². The van der Waals surface area contributed by atoms with Crippen LogP contribution in [0.1, 0.15) is 28.9 Å². The SMILES string of the molecule is Cc1ccccc1Cn1cnc(NC(=O)CCn2nc(C)c([N+](=O)[O-])c2C)n1. The first-order valence-electron chi connectivity index (χ1n) is 8.77. The molecule has 0 aliphatic rings. The van der Waals surface area contributed by atoms with E-state index in [1.807, 2.05) is 31.2 Å². The van der Waals surface area contributed by atoms with E-state index in [9.17, 15) is 14.9 Å². The van der Waals surface area contributed by atoms with Crippen molar-refractivity contribution >= 4 is 17.5 Å². The van der Waals surface area contributed by atoms with Crippen LogP contribution in [-0.2, 0) is 17.9 Å². The first-order valence-corrected chi connectivity index (χ1v) is 8.77. The monoisotopic (exact) mass is 383 g/mol. The van der Waals surface area contributed by atoms with Gasteiger partial charge < -0.3 is 0 Å². The van der Waals surface area contributed by atoms with Gasteiger partial charge in [0.2, 0.25) is 11.9 Å². The van der Waals surface area contributed by atoms with Crippen molar-refractivity contribution in [3.8, 4) is 0 Å². The molecule has 2 aromatic heterocycles. The van der Waals surface area contributed by atoms with Gasteiger partial charge in [-0.2, -0.15) is 5.10 Å². The van der Waals surface area contributed by atoms with Crippen molar-refractivity contribution in [2.45, 2.75) is 40.3 Å². The Hall–Kier alpha value is -3.56. The number of amides is 1. The molecule has 3 rings (SSSR count). The molecule has 0 aliphatic carbocycles. The van der Waals surface area contributed by atoms with Crippen molar-refractivity contribution in [2.24, 2.45) is 0 Å². The number of carbonyl (C=O) groups is 1. The van der Waals surface area contributed by atoms with E-state index in [1.165, 1.54) is 4.68 Å². The molecular weight excluding hydrogens is 362 g/mol. The molecule has 3 aromatic rings. The Morgan fingerprint density at radius 2 is 1.96 bits per heavy atom. The van der Waals surface area contributed by atoms with Crippen LogP contribution in [0.15, 0.2) is 30.6 Å². The zero-order chi connectivity index (χ0) is 20.3. The second kappa shape index (κ2) is 7.99. The van der Waals surface area contributed by atoms with Gasteiger partial charge in [0.15, 0.2) is 0 Å². The standard InChI is InChI=1S/C18H21N7O3/c1-12-6-4-5-7-15(12)10-23-11-19-18(22-23)20-16(26)8-9-24-14(3)17(25(27)28)13(2)21-24/h4-7,11H,8-10H2,1-3H3,(H,20,22,26). The second-order valence-corrected chi connectivity index (χ2v) is 6.49. The fraction of sp³-hybridized carbons (Fsp3) is 0.333. The van der Waals surface area contributed by atoms with Gasteiger partial charge in [-0.3, -0.25) is 24.9 Å². The minimum Gasteiger partial charge on any atom is -0.293 e. The van der Waals surface area contributed by atoms with Crippen LogP contribution in [0.5, 0.6) is 0 Å². The zero-order valence-electron chi connectivity index (χ0n) is 15.9. The maximum absolute atomic E-state index is 12.2. The maximum Gasteiger partial charge on any atom is 0.312 e. The highest BCUT2D eigenvalue weighted by Crippen LogP contribution is 2.21. The number of nitrogens with one attached hydrogen (secondary N) is 1. The number of aryl methyl sites for hydroxylation is 3. The third-order valence-corrected chi connectivity index (χ3v) is 4.46. The number of carbonyl (C=O) groups excluding carboxylic acids is 1. The Kier molecular flexibility index (Phi) is 5.48. The molecule has 0 saturated heterocycles. The van der Waals surface area contributed by atoms with E-state index in [0.717, 1.165) is 11.1 Å². The highest BCUT2D eigenvalue weighted by Gasteiger charge is 2.22. The number of anilines is 1. The fourth-order valence-corrected chi connectivity index (χ4v) is 2.95. The molecule has 0 atom stereocenters. The lowest BCUT2D eigenvalue weighted by atomic mass is 10.1. The number of hydrogen-bond acceptors (Lipinski definition) is 6. The molecular formula is C18H21N7O3. The van der Waals surface area contributed by atoms with E-state index in [-0.39, 0.29) is 30.5 Å². The highest BCUT2D eigenvalue weighted by atomic mass is 16.6. The van der Waals surface area contributed by atoms with Crippen molar-refractivity contribution < 1.29 is 9.72 Å². The Bertz CT molecular complexity index is 1020. The molecule has 0 saturated carbocycles. The van der Waals surface area contributed by atoms with Gasteiger partial charge in [0.25, 0.3) is 0 Å². The van der Waals surface area contributed by atoms with Gasteiger partial charge in [-0.1, -0.05) is 24.3 Å². The smallest absolute Gasteiger partial charge is 0.293 e. The summed E-state index contributed by atoms with van der Waals surface area (Å²) in [6.45, 7) is 6.01. The highest BCUT2D eigenvalue weighted by molar-refractivity contribution is 5.88. The van der Waals surface area contributed by atoms with Crippen molar-refractivity contribution in [1.29, 1.82) is 0 Å². The molecule has 10 nitrogen and oxygen atoms in total. The molecule has 0 radical (unpaired) electrons. The van der Waals surface area contributed by atoms with E-state index in [2.05, 4.69) is 20.5 Å². The number of hydrogen-bond donors (Lipinski definition) is 1. The van der Waals surface area contributed by atoms with Gasteiger partial charge in [-0.05, 0) is 31.9 Å². The predicted octanol–water partition coefficient (Wildman–Crippen LogP) is 2.39. The topological polar surface area (TPSA) is 121 Å². The first-order chi connectivity index (χ1) is 13.3. The molecule has 0 unspecified atom stereocenters. The van der Waals surface area contributed by atoms with E-state index in [0.29, 0.717) is 17.9 Å². The molecule has 0 bridgehead atoms. The van der Waals surface area contributed by atoms with Crippen LogP contribution in [0, 0.1) is 30.9 Å². The number of rotatable bonds is 7. The number of nitro groups is 1. The minimum atomic E-state index is -0.459. The molecule has 28 heavy (non-hydrogen) atoms. The summed E-state index contributed by atoms with van der Waals surface area (Å²) >= 11 is 0. The van der Waals surface area contributed by atoms with Crippen LogP contribution >= 0.6 is 0 Å². The van der Waals surface area contributed by atoms with E-state index < -0.39 is 4.92 Å². The van der Waals surface area contributed by atoms with Crippen LogP contribution in [0.25, 0.3) is 0 Å². The molecule has 10 heteroatoms. The van der Waals surface area contributed by atoms with Crippen molar-refractivity contribution in [2.75, 3.05) is 5.32 Å². The normalized spacial score (nSPS) is 10.8. The van der Waals surface area contributed by atoms with Crippen LogP contribution in [0.4, 0.5) is 11.6 Å². The van der Waals surface area contributed by atoms with Crippen LogP contribution in [-0.4, -0.2) is 35.4 Å². The van der Waals surface area contributed by atoms with Gasteiger partial charge in [0.05, 0.1) is 18.0 Å². The van der Waals surface area contributed by atoms with Gasteiger partial charge in [0, 0.05) is 6.42 Å². The molecule has 2 heterocycles. The lowest BCUT2D eigenvalue weighted by Crippen LogP contribution is -2.16. The number of nitrogens with zero attached hydrogens (tertiary/aromatic N) is 6. The molecule has 1 N–H and O–H groups in total. The first kappa shape index (κ1) is 19.2. The fourth-order valence-electron chi connectivity index (χ4n) is 2.95. The summed E-state index contributed by atoms with van der Waals surface area (Å²) in [7, 11) is 0. The summed E-state index contributed by atoms with van der Waals surface area (Å²) < 4.78 is 3.12. The van der Waals surface area contributed by atoms with Crippen LogP contribution in [0.3, 0.4) is 0 Å². The van der Waals surface area contributed by atoms with Crippen molar-refractivity contribution in [3.05, 3.63) is 63.2 Å². The van der Waals surface area contributed by atoms with Gasteiger partial charge in [-0.15, -0.1) is 5.10 Å². The number of benzene rings is 1. The molecule has 1 aromatic carbocycles. The lowest BCUT2D eigenvalue weighted by molar-refractivity contribution is -0.386. The second-order valence-electron chi connectivity index (χ2n) is 6.49. The Labute approximate surface area is 161 Å². The summed E-state index contributed by atoms with van der Waals surface area (Å²) in [5.41, 5.74) is 3.02. The average Bonchev–Trinajstić information content (AvgIpc) is 3.18. The molecule has 0 fully saturated rings. The Morgan fingerprint density at radius 3 is 2.64 bits per heavy atom. The predicted molar refractivity (Wildman–Crippen MR) is 102 cm³/mol. The Balaban J connectivity index is 1.57. The zero-order valence-corrected chi connectivity index (χ0v) is 15.9. The van der Waals surface area contributed by atoms with E-state index in [1.54, 1.807) is 24.9 Å². The summed E-state index contributed by atoms with van der Waals surface area (Å²) in [6.07, 6.45) is 1.66. The third-order valence-electron chi connectivity index (χ3n) is 4.46. The molecule has 1 amide bonds. The molecule has 0 spiro atoms. The minimum absolute atomic E-state index is 0.0166. The Morgan fingerprint density at radius 1 is 1.21 bits per heavy atom. The third kappa shape index (κ3) is 4.22. The summed E-state index contributed by atoms with van der Waals surface area (Å²) in [4.78, 5) is 26.9. The van der Waals surface area contributed by atoms with Crippen molar-refractivity contribution in [1.82, 2.24) is 24.5 Å². The van der Waals surface area contributed by atoms with E-state index in [4.69, 9.17) is 0 Å². The van der Waals surface area contributed by atoms with Gasteiger partial charge in [0.1, 0.15) is 17.7 Å². The van der Waals surface area contributed by atoms with Crippen LogP contribution < -0.4 is 5.32 Å². The number of aromatic nitrogens is 5. The van der Waals surface area contributed by atoms with E-state index >= 15 is 0 Å².